The molecule has 0 N–H and O–H groups in total. The maximum absolute atomic E-state index is 12.4. The van der Waals surface area contributed by atoms with Crippen LogP contribution in [0.3, 0.4) is 0 Å². The average Bonchev–Trinajstić information content (AvgIpc) is 2.82. The third-order valence-corrected chi connectivity index (χ3v) is 4.53. The second kappa shape index (κ2) is 5.95. The lowest BCUT2D eigenvalue weighted by Crippen LogP contribution is -2.36. The fraction of sp³-hybridized carbons (Fsp3) is 0.316. The minimum Gasteiger partial charge on any atom is -0.457 e. The lowest BCUT2D eigenvalue weighted by molar-refractivity contribution is -0.147. The third kappa shape index (κ3) is 2.77. The lowest BCUT2D eigenvalue weighted by Gasteiger charge is -2.23. The first kappa shape index (κ1) is 15.4. The van der Waals surface area contributed by atoms with Gasteiger partial charge >= 0.3 is 5.97 Å². The number of ether oxygens (including phenoxy) is 1. The van der Waals surface area contributed by atoms with Gasteiger partial charge in [0.05, 0.1) is 0 Å². The zero-order valence-corrected chi connectivity index (χ0v) is 13.0. The van der Waals surface area contributed by atoms with Crippen molar-refractivity contribution in [3.8, 4) is 0 Å². The van der Waals surface area contributed by atoms with Gasteiger partial charge in [0.1, 0.15) is 11.2 Å². The van der Waals surface area contributed by atoms with Gasteiger partial charge in [-0.1, -0.05) is 42.5 Å². The summed E-state index contributed by atoms with van der Waals surface area (Å²) in [5.74, 6) is -0.761. The fourth-order valence-corrected chi connectivity index (χ4v) is 3.18. The summed E-state index contributed by atoms with van der Waals surface area (Å²) < 4.78 is 5.00. The van der Waals surface area contributed by atoms with E-state index < -0.39 is 11.4 Å². The Labute approximate surface area is 134 Å². The van der Waals surface area contributed by atoms with Crippen molar-refractivity contribution in [1.29, 1.82) is 0 Å². The zero-order valence-electron chi connectivity index (χ0n) is 13.0. The lowest BCUT2D eigenvalue weighted by atomic mass is 9.74. The van der Waals surface area contributed by atoms with Gasteiger partial charge in [-0.3, -0.25) is 9.59 Å². The van der Waals surface area contributed by atoms with Gasteiger partial charge in [0.15, 0.2) is 12.4 Å². The van der Waals surface area contributed by atoms with Crippen LogP contribution in [0.2, 0.25) is 0 Å². The van der Waals surface area contributed by atoms with Gasteiger partial charge in [-0.05, 0) is 36.1 Å². The molecule has 3 rings (SSSR count). The molecule has 0 spiro atoms. The summed E-state index contributed by atoms with van der Waals surface area (Å²) in [5.41, 5.74) is -0.297. The maximum Gasteiger partial charge on any atom is 0.320 e. The van der Waals surface area contributed by atoms with Gasteiger partial charge in [0.2, 0.25) is 0 Å². The van der Waals surface area contributed by atoms with Crippen molar-refractivity contribution >= 4 is 28.3 Å². The van der Waals surface area contributed by atoms with Crippen molar-refractivity contribution in [3.63, 3.8) is 0 Å². The Bertz CT molecular complexity index is 770. The van der Waals surface area contributed by atoms with E-state index in [0.29, 0.717) is 0 Å². The van der Waals surface area contributed by atoms with Gasteiger partial charge in [0, 0.05) is 6.42 Å². The molecule has 1 saturated heterocycles. The number of carbonyl (C=O) groups excluding carboxylic acids is 3. The minimum absolute atomic E-state index is 0.0326. The number of carbonyl (C=O) groups is 3. The molecule has 1 heterocycles. The van der Waals surface area contributed by atoms with E-state index in [-0.39, 0.29) is 37.4 Å². The number of rotatable bonds is 5. The van der Waals surface area contributed by atoms with E-state index in [1.54, 1.807) is 0 Å². The molecule has 4 heteroatoms. The molecule has 0 bridgehead atoms. The Balaban J connectivity index is 2.02. The van der Waals surface area contributed by atoms with Crippen LogP contribution in [0, 0.1) is 5.41 Å². The number of ketones is 2. The SMILES string of the molecule is CC(=O)CCC1(Cc2cccc3ccccc23)C(=O)COC1=O. The molecular weight excluding hydrogens is 292 g/mol. The topological polar surface area (TPSA) is 60.4 Å². The molecule has 118 valence electrons. The molecule has 2 aromatic rings. The van der Waals surface area contributed by atoms with Crippen molar-refractivity contribution in [3.05, 3.63) is 48.0 Å². The molecule has 0 amide bonds. The molecule has 4 nitrogen and oxygen atoms in total. The smallest absolute Gasteiger partial charge is 0.320 e. The summed E-state index contributed by atoms with van der Waals surface area (Å²) in [6.45, 7) is 1.28. The minimum atomic E-state index is -1.23. The zero-order chi connectivity index (χ0) is 16.4. The molecule has 0 aromatic heterocycles. The van der Waals surface area contributed by atoms with Gasteiger partial charge in [0.25, 0.3) is 0 Å². The Morgan fingerprint density at radius 3 is 2.57 bits per heavy atom. The molecule has 0 radical (unpaired) electrons. The molecule has 1 aliphatic heterocycles. The monoisotopic (exact) mass is 310 g/mol. The van der Waals surface area contributed by atoms with Gasteiger partial charge in [-0.15, -0.1) is 0 Å². The highest BCUT2D eigenvalue weighted by Gasteiger charge is 2.51. The molecule has 1 atom stereocenters. The van der Waals surface area contributed by atoms with Crippen LogP contribution in [-0.2, 0) is 25.5 Å². The first-order valence-electron chi connectivity index (χ1n) is 7.69. The second-order valence-corrected chi connectivity index (χ2v) is 6.10. The normalized spacial score (nSPS) is 20.7. The number of cyclic esters (lactones) is 1. The van der Waals surface area contributed by atoms with E-state index in [9.17, 15) is 14.4 Å². The third-order valence-electron chi connectivity index (χ3n) is 4.53. The standard InChI is InChI=1S/C19H18O4/c1-13(20)9-10-19(17(21)12-23-18(19)22)11-15-7-4-6-14-5-2-3-8-16(14)15/h2-8H,9-12H2,1H3. The molecule has 0 saturated carbocycles. The summed E-state index contributed by atoms with van der Waals surface area (Å²) in [4.78, 5) is 36.1. The van der Waals surface area contributed by atoms with E-state index in [1.165, 1.54) is 6.92 Å². The highest BCUT2D eigenvalue weighted by Crippen LogP contribution is 2.37. The Hall–Kier alpha value is -2.49. The number of Topliss-reactive ketones (excluding diaryl/α,β-unsaturated/α-hetero) is 2. The van der Waals surface area contributed by atoms with E-state index in [2.05, 4.69) is 0 Å². The van der Waals surface area contributed by atoms with E-state index in [4.69, 9.17) is 4.74 Å². The first-order valence-corrected chi connectivity index (χ1v) is 7.69. The van der Waals surface area contributed by atoms with Crippen molar-refractivity contribution < 1.29 is 19.1 Å². The second-order valence-electron chi connectivity index (χ2n) is 6.10. The van der Waals surface area contributed by atoms with Crippen LogP contribution in [0.1, 0.15) is 25.3 Å². The van der Waals surface area contributed by atoms with E-state index in [1.807, 2.05) is 42.5 Å². The van der Waals surface area contributed by atoms with Crippen molar-refractivity contribution in [2.45, 2.75) is 26.2 Å². The van der Waals surface area contributed by atoms with Crippen molar-refractivity contribution in [2.75, 3.05) is 6.61 Å². The largest absolute Gasteiger partial charge is 0.457 e. The number of benzene rings is 2. The van der Waals surface area contributed by atoms with Crippen LogP contribution in [0.4, 0.5) is 0 Å². The predicted molar refractivity (Wildman–Crippen MR) is 86.0 cm³/mol. The summed E-state index contributed by atoms with van der Waals surface area (Å²) in [5, 5.41) is 2.08. The van der Waals surface area contributed by atoms with Crippen LogP contribution in [-0.4, -0.2) is 24.1 Å². The van der Waals surface area contributed by atoms with Crippen LogP contribution >= 0.6 is 0 Å². The summed E-state index contributed by atoms with van der Waals surface area (Å²) >= 11 is 0. The molecule has 23 heavy (non-hydrogen) atoms. The molecular formula is C19H18O4. The van der Waals surface area contributed by atoms with Crippen molar-refractivity contribution in [2.24, 2.45) is 5.41 Å². The van der Waals surface area contributed by atoms with Crippen LogP contribution in [0.5, 0.6) is 0 Å². The van der Waals surface area contributed by atoms with Crippen LogP contribution < -0.4 is 0 Å². The molecule has 0 aliphatic carbocycles. The number of hydrogen-bond donors (Lipinski definition) is 0. The highest BCUT2D eigenvalue weighted by molar-refractivity contribution is 6.09. The van der Waals surface area contributed by atoms with E-state index >= 15 is 0 Å². The van der Waals surface area contributed by atoms with Gasteiger partial charge < -0.3 is 9.53 Å². The van der Waals surface area contributed by atoms with E-state index in [0.717, 1.165) is 16.3 Å². The Kier molecular flexibility index (Phi) is 3.99. The molecule has 1 unspecified atom stereocenters. The number of esters is 1. The Morgan fingerprint density at radius 1 is 1.13 bits per heavy atom. The summed E-state index contributed by atoms with van der Waals surface area (Å²) in [6.07, 6.45) is 0.689. The number of hydrogen-bond acceptors (Lipinski definition) is 4. The quantitative estimate of drug-likeness (QED) is 0.629. The highest BCUT2D eigenvalue weighted by atomic mass is 16.5. The van der Waals surface area contributed by atoms with Crippen molar-refractivity contribution in [1.82, 2.24) is 0 Å². The van der Waals surface area contributed by atoms with Gasteiger partial charge in [-0.2, -0.15) is 0 Å². The van der Waals surface area contributed by atoms with Crippen LogP contribution in [0.15, 0.2) is 42.5 Å². The average molecular weight is 310 g/mol. The molecule has 1 fully saturated rings. The first-order chi connectivity index (χ1) is 11.0. The fourth-order valence-electron chi connectivity index (χ4n) is 3.18. The van der Waals surface area contributed by atoms with Crippen LogP contribution in [0.25, 0.3) is 10.8 Å². The van der Waals surface area contributed by atoms with Gasteiger partial charge in [-0.25, -0.2) is 0 Å². The number of fused-ring (bicyclic) bond motifs is 1. The Morgan fingerprint density at radius 2 is 1.87 bits per heavy atom. The molecule has 1 aliphatic rings. The maximum atomic E-state index is 12.4. The summed E-state index contributed by atoms with van der Waals surface area (Å²) in [7, 11) is 0. The summed E-state index contributed by atoms with van der Waals surface area (Å²) in [6, 6.07) is 13.7. The predicted octanol–water partition coefficient (Wildman–Crippen LogP) is 2.86. The molecule has 2 aromatic carbocycles.